The molecule has 0 aliphatic carbocycles. The molecule has 0 saturated heterocycles. The van der Waals surface area contributed by atoms with E-state index in [2.05, 4.69) is 20.8 Å². The van der Waals surface area contributed by atoms with Gasteiger partial charge in [0.05, 0.1) is 41.9 Å². The summed E-state index contributed by atoms with van der Waals surface area (Å²) in [5.74, 6) is 0.531. The molecule has 3 aromatic carbocycles. The number of benzene rings is 3. The molecule has 0 saturated carbocycles. The summed E-state index contributed by atoms with van der Waals surface area (Å²) in [5.41, 5.74) is 6.92. The maximum atomic E-state index is 12.5. The summed E-state index contributed by atoms with van der Waals surface area (Å²) in [4.78, 5) is 37.5. The maximum Gasteiger partial charge on any atom is 0.338 e. The second kappa shape index (κ2) is 25.4. The molecule has 0 heterocycles. The standard InChI is InChI=1S/C44H61NO9/c1-4-7-10-13-28-49-41(46)35-16-22-38(23-17-35)52-32-44(31-45,33-53-39-24-18-36(19-25-39)42(47)50-29-14-11-8-5-2)34-54-40-26-20-37(21-27-40)43(48)51-30-15-12-9-6-3/h16-27H,4-15,28-34,45H2,1-3H3. The first-order valence-electron chi connectivity index (χ1n) is 19.7. The van der Waals surface area contributed by atoms with Crippen molar-refractivity contribution in [1.82, 2.24) is 0 Å². The van der Waals surface area contributed by atoms with Gasteiger partial charge in [-0.25, -0.2) is 14.4 Å². The average Bonchev–Trinajstić information content (AvgIpc) is 3.21. The highest BCUT2D eigenvalue weighted by Gasteiger charge is 2.33. The highest BCUT2D eigenvalue weighted by Crippen LogP contribution is 2.25. The minimum absolute atomic E-state index is 0.135. The van der Waals surface area contributed by atoms with Gasteiger partial charge >= 0.3 is 17.9 Å². The highest BCUT2D eigenvalue weighted by atomic mass is 16.5. The van der Waals surface area contributed by atoms with E-state index in [4.69, 9.17) is 34.2 Å². The molecular formula is C44H61NO9. The monoisotopic (exact) mass is 747 g/mol. The lowest BCUT2D eigenvalue weighted by atomic mass is 9.91. The third kappa shape index (κ3) is 16.2. The Morgan fingerprint density at radius 3 is 0.963 bits per heavy atom. The van der Waals surface area contributed by atoms with Crippen molar-refractivity contribution in [3.63, 3.8) is 0 Å². The molecule has 0 radical (unpaired) electrons. The Morgan fingerprint density at radius 2 is 0.722 bits per heavy atom. The van der Waals surface area contributed by atoms with Gasteiger partial charge in [0.2, 0.25) is 0 Å². The van der Waals surface area contributed by atoms with Crippen molar-refractivity contribution in [2.24, 2.45) is 11.1 Å². The lowest BCUT2D eigenvalue weighted by Gasteiger charge is -2.32. The number of hydrogen-bond donors (Lipinski definition) is 1. The van der Waals surface area contributed by atoms with Crippen molar-refractivity contribution in [2.45, 2.75) is 97.8 Å². The van der Waals surface area contributed by atoms with Crippen LogP contribution in [0.4, 0.5) is 0 Å². The average molecular weight is 748 g/mol. The fourth-order valence-corrected chi connectivity index (χ4v) is 5.40. The van der Waals surface area contributed by atoms with E-state index >= 15 is 0 Å². The van der Waals surface area contributed by atoms with Gasteiger partial charge in [0, 0.05) is 6.54 Å². The summed E-state index contributed by atoms with van der Waals surface area (Å²) in [6.45, 7) is 8.16. The van der Waals surface area contributed by atoms with Gasteiger partial charge in [-0.05, 0) is 92.1 Å². The van der Waals surface area contributed by atoms with Crippen LogP contribution in [0.15, 0.2) is 72.8 Å². The number of ether oxygens (including phenoxy) is 6. The summed E-state index contributed by atoms with van der Waals surface area (Å²) >= 11 is 0. The SMILES string of the molecule is CCCCCCOC(=O)c1ccc(OCC(CN)(COc2ccc(C(=O)OCCCCCC)cc2)COc2ccc(C(=O)OCCCCCC)cc2)cc1. The van der Waals surface area contributed by atoms with Gasteiger partial charge in [0.25, 0.3) is 0 Å². The molecule has 0 aliphatic rings. The third-order valence-corrected chi connectivity index (χ3v) is 9.03. The van der Waals surface area contributed by atoms with E-state index in [9.17, 15) is 14.4 Å². The van der Waals surface area contributed by atoms with Crippen LogP contribution in [0.25, 0.3) is 0 Å². The van der Waals surface area contributed by atoms with Crippen LogP contribution >= 0.6 is 0 Å². The van der Waals surface area contributed by atoms with E-state index in [0.29, 0.717) is 53.8 Å². The molecule has 0 aromatic heterocycles. The van der Waals surface area contributed by atoms with Crippen LogP contribution in [0.2, 0.25) is 0 Å². The number of rotatable bonds is 28. The quantitative estimate of drug-likeness (QED) is 0.0435. The predicted molar refractivity (Wildman–Crippen MR) is 211 cm³/mol. The van der Waals surface area contributed by atoms with Gasteiger partial charge < -0.3 is 34.2 Å². The maximum absolute atomic E-state index is 12.5. The summed E-state index contributed by atoms with van der Waals surface area (Å²) in [6, 6.07) is 20.4. The molecule has 3 aromatic rings. The predicted octanol–water partition coefficient (Wildman–Crippen LogP) is 9.38. The fourth-order valence-electron chi connectivity index (χ4n) is 5.40. The molecule has 3 rings (SSSR count). The van der Waals surface area contributed by atoms with Gasteiger partial charge in [0.15, 0.2) is 0 Å². The molecule has 0 atom stereocenters. The summed E-state index contributed by atoms with van der Waals surface area (Å²) in [6.07, 6.45) is 12.3. The third-order valence-electron chi connectivity index (χ3n) is 9.03. The van der Waals surface area contributed by atoms with E-state index in [-0.39, 0.29) is 44.3 Å². The van der Waals surface area contributed by atoms with Gasteiger partial charge in [-0.1, -0.05) is 78.6 Å². The smallest absolute Gasteiger partial charge is 0.338 e. The Labute approximate surface area is 322 Å². The number of hydrogen-bond acceptors (Lipinski definition) is 10. The fraction of sp³-hybridized carbons (Fsp3) is 0.523. The van der Waals surface area contributed by atoms with Crippen LogP contribution < -0.4 is 19.9 Å². The van der Waals surface area contributed by atoms with Crippen LogP contribution in [0.5, 0.6) is 17.2 Å². The minimum Gasteiger partial charge on any atom is -0.493 e. The van der Waals surface area contributed by atoms with E-state index in [1.807, 2.05) is 0 Å². The van der Waals surface area contributed by atoms with Crippen molar-refractivity contribution >= 4 is 17.9 Å². The molecular weight excluding hydrogens is 686 g/mol. The molecule has 2 N–H and O–H groups in total. The van der Waals surface area contributed by atoms with Crippen LogP contribution in [-0.2, 0) is 14.2 Å². The lowest BCUT2D eigenvalue weighted by Crippen LogP contribution is -2.46. The van der Waals surface area contributed by atoms with Crippen LogP contribution in [-0.4, -0.2) is 64.1 Å². The molecule has 0 spiro atoms. The first kappa shape index (κ1) is 43.8. The molecule has 0 bridgehead atoms. The molecule has 10 heteroatoms. The molecule has 0 unspecified atom stereocenters. The van der Waals surface area contributed by atoms with E-state index in [0.717, 1.165) is 77.0 Å². The van der Waals surface area contributed by atoms with Crippen molar-refractivity contribution in [1.29, 1.82) is 0 Å². The van der Waals surface area contributed by atoms with Gasteiger partial charge in [-0.3, -0.25) is 0 Å². The van der Waals surface area contributed by atoms with E-state index in [1.165, 1.54) is 0 Å². The number of esters is 3. The van der Waals surface area contributed by atoms with Crippen LogP contribution in [0, 0.1) is 5.41 Å². The second-order valence-electron chi connectivity index (χ2n) is 13.7. The second-order valence-corrected chi connectivity index (χ2v) is 13.7. The van der Waals surface area contributed by atoms with Crippen molar-refractivity contribution in [2.75, 3.05) is 46.2 Å². The molecule has 296 valence electrons. The molecule has 54 heavy (non-hydrogen) atoms. The molecule has 10 nitrogen and oxygen atoms in total. The highest BCUT2D eigenvalue weighted by molar-refractivity contribution is 5.90. The van der Waals surface area contributed by atoms with Crippen molar-refractivity contribution in [3.8, 4) is 17.2 Å². The summed E-state index contributed by atoms with van der Waals surface area (Å²) < 4.78 is 34.9. The Hall–Kier alpha value is -4.57. The van der Waals surface area contributed by atoms with Gasteiger partial charge in [-0.15, -0.1) is 0 Å². The Morgan fingerprint density at radius 1 is 0.444 bits per heavy atom. The number of carbonyl (C=O) groups excluding carboxylic acids is 3. The summed E-state index contributed by atoms with van der Waals surface area (Å²) in [5, 5.41) is 0. The largest absolute Gasteiger partial charge is 0.493 e. The zero-order valence-corrected chi connectivity index (χ0v) is 32.6. The van der Waals surface area contributed by atoms with E-state index in [1.54, 1.807) is 72.8 Å². The van der Waals surface area contributed by atoms with Gasteiger partial charge in [0.1, 0.15) is 37.1 Å². The lowest BCUT2D eigenvalue weighted by molar-refractivity contribution is 0.0393. The topological polar surface area (TPSA) is 133 Å². The number of carbonyl (C=O) groups is 3. The van der Waals surface area contributed by atoms with E-state index < -0.39 is 5.41 Å². The van der Waals surface area contributed by atoms with Crippen LogP contribution in [0.3, 0.4) is 0 Å². The Bertz CT molecular complexity index is 1310. The van der Waals surface area contributed by atoms with Crippen molar-refractivity contribution in [3.05, 3.63) is 89.5 Å². The van der Waals surface area contributed by atoms with Crippen LogP contribution in [0.1, 0.15) is 129 Å². The van der Waals surface area contributed by atoms with Gasteiger partial charge in [-0.2, -0.15) is 0 Å². The Balaban J connectivity index is 1.65. The zero-order chi connectivity index (χ0) is 38.9. The zero-order valence-electron chi connectivity index (χ0n) is 32.6. The molecule has 0 aliphatic heterocycles. The summed E-state index contributed by atoms with van der Waals surface area (Å²) in [7, 11) is 0. The first-order chi connectivity index (χ1) is 26.3. The Kier molecular flexibility index (Phi) is 20.7. The minimum atomic E-state index is -0.817. The molecule has 0 amide bonds. The first-order valence-corrected chi connectivity index (χ1v) is 19.7. The normalized spacial score (nSPS) is 11.1. The molecule has 0 fully saturated rings. The number of nitrogens with two attached hydrogens (primary N) is 1. The van der Waals surface area contributed by atoms with Crippen molar-refractivity contribution < 1.29 is 42.8 Å². The number of unbranched alkanes of at least 4 members (excludes halogenated alkanes) is 9.